The molecule has 0 saturated heterocycles. The summed E-state index contributed by atoms with van der Waals surface area (Å²) in [7, 11) is -1.56. The molecule has 2 aromatic rings. The zero-order valence-corrected chi connectivity index (χ0v) is 13.1. The highest BCUT2D eigenvalue weighted by atomic mass is 28.3. The maximum Gasteiger partial charge on any atom is 0.160 e. The first-order chi connectivity index (χ1) is 9.89. The Hall–Kier alpha value is -2.50. The summed E-state index contributed by atoms with van der Waals surface area (Å²) in [5.41, 5.74) is 4.66. The average Bonchev–Trinajstić information content (AvgIpc) is 2.45. The third-order valence-corrected chi connectivity index (χ3v) is 3.44. The van der Waals surface area contributed by atoms with E-state index in [1.54, 1.807) is 12.1 Å². The minimum Gasteiger partial charge on any atom is -0.235 e. The Bertz CT molecular complexity index is 759. The molecule has 1 heterocycles. The third kappa shape index (κ3) is 3.98. The second-order valence-electron chi connectivity index (χ2n) is 5.57. The largest absolute Gasteiger partial charge is 0.235 e. The Morgan fingerprint density at radius 3 is 2.38 bits per heavy atom. The van der Waals surface area contributed by atoms with Crippen molar-refractivity contribution in [2.75, 3.05) is 0 Å². The smallest absolute Gasteiger partial charge is 0.160 e. The molecule has 0 aliphatic rings. The van der Waals surface area contributed by atoms with Crippen LogP contribution in [0, 0.1) is 28.6 Å². The van der Waals surface area contributed by atoms with Crippen LogP contribution in [-0.4, -0.2) is 18.0 Å². The van der Waals surface area contributed by atoms with Crippen LogP contribution >= 0.6 is 0 Å². The zero-order chi connectivity index (χ0) is 15.5. The van der Waals surface area contributed by atoms with E-state index in [9.17, 15) is 4.39 Å². The normalized spacial score (nSPS) is 10.4. The maximum atomic E-state index is 13.0. The Kier molecular flexibility index (Phi) is 4.16. The zero-order valence-electron chi connectivity index (χ0n) is 12.1. The molecule has 0 spiro atoms. The van der Waals surface area contributed by atoms with Crippen LogP contribution in [0.1, 0.15) is 11.3 Å². The number of benzene rings is 1. The van der Waals surface area contributed by atoms with Crippen molar-refractivity contribution in [3.63, 3.8) is 0 Å². The summed E-state index contributed by atoms with van der Waals surface area (Å²) in [6, 6.07) is 7.96. The van der Waals surface area contributed by atoms with E-state index >= 15 is 0 Å². The fourth-order valence-electron chi connectivity index (χ4n) is 1.54. The summed E-state index contributed by atoms with van der Waals surface area (Å²) >= 11 is 0. The monoisotopic (exact) mass is 295 g/mol. The van der Waals surface area contributed by atoms with E-state index in [0.29, 0.717) is 22.6 Å². The Morgan fingerprint density at radius 1 is 1.14 bits per heavy atom. The topological polar surface area (TPSA) is 49.6 Å². The van der Waals surface area contributed by atoms with Gasteiger partial charge in [0.1, 0.15) is 31.2 Å². The molecular formula is C16H14FN3Si. The second kappa shape index (κ2) is 5.86. The van der Waals surface area contributed by atoms with Crippen LogP contribution in [0.25, 0.3) is 11.4 Å². The van der Waals surface area contributed by atoms with Crippen LogP contribution in [0.4, 0.5) is 4.39 Å². The van der Waals surface area contributed by atoms with Gasteiger partial charge in [-0.15, -0.1) is 5.54 Å². The lowest BCUT2D eigenvalue weighted by molar-refractivity contribution is 0.628. The highest BCUT2D eigenvalue weighted by Gasteiger charge is 2.10. The second-order valence-corrected chi connectivity index (χ2v) is 10.3. The average molecular weight is 295 g/mol. The van der Waals surface area contributed by atoms with Crippen LogP contribution in [0.5, 0.6) is 0 Å². The lowest BCUT2D eigenvalue weighted by Crippen LogP contribution is -2.16. The molecule has 0 radical (unpaired) electrons. The van der Waals surface area contributed by atoms with Gasteiger partial charge in [0.25, 0.3) is 0 Å². The molecule has 0 bridgehead atoms. The van der Waals surface area contributed by atoms with Crippen LogP contribution in [-0.2, 0) is 0 Å². The summed E-state index contributed by atoms with van der Waals surface area (Å²) in [4.78, 5) is 8.48. The van der Waals surface area contributed by atoms with E-state index in [1.807, 2.05) is 6.07 Å². The molecule has 5 heteroatoms. The van der Waals surface area contributed by atoms with Crippen molar-refractivity contribution in [2.24, 2.45) is 0 Å². The van der Waals surface area contributed by atoms with E-state index in [-0.39, 0.29) is 5.82 Å². The van der Waals surface area contributed by atoms with Crippen molar-refractivity contribution >= 4 is 8.07 Å². The summed E-state index contributed by atoms with van der Waals surface area (Å²) < 4.78 is 13.0. The number of halogens is 1. The van der Waals surface area contributed by atoms with E-state index in [1.165, 1.54) is 18.3 Å². The quantitative estimate of drug-likeness (QED) is 0.598. The fraction of sp³-hybridized carbons (Fsp3) is 0.188. The Labute approximate surface area is 124 Å². The molecule has 0 aliphatic heterocycles. The molecule has 0 unspecified atom stereocenters. The van der Waals surface area contributed by atoms with Crippen molar-refractivity contribution in [3.8, 4) is 28.9 Å². The summed E-state index contributed by atoms with van der Waals surface area (Å²) in [6.45, 7) is 6.36. The lowest BCUT2D eigenvalue weighted by Gasteiger charge is -2.05. The van der Waals surface area contributed by atoms with Crippen LogP contribution in [0.2, 0.25) is 19.6 Å². The van der Waals surface area contributed by atoms with Gasteiger partial charge in [-0.2, -0.15) is 5.26 Å². The van der Waals surface area contributed by atoms with Gasteiger partial charge in [-0.05, 0) is 24.3 Å². The number of rotatable bonds is 1. The van der Waals surface area contributed by atoms with Gasteiger partial charge in [-0.25, -0.2) is 14.4 Å². The molecule has 3 nitrogen and oxygen atoms in total. The standard InChI is InChI=1S/C16H14FN3Si/c1-21(2,3)9-8-15-13(10-18)11-19-16(20-15)12-4-6-14(17)7-5-12/h4-7,11H,1-3H3. The van der Waals surface area contributed by atoms with Crippen molar-refractivity contribution in [1.29, 1.82) is 5.26 Å². The molecule has 0 amide bonds. The fourth-order valence-corrected chi connectivity index (χ4v) is 2.04. The number of hydrogen-bond acceptors (Lipinski definition) is 3. The molecule has 104 valence electrons. The minimum atomic E-state index is -1.56. The number of nitriles is 1. The molecule has 1 aromatic heterocycles. The minimum absolute atomic E-state index is 0.314. The van der Waals surface area contributed by atoms with Gasteiger partial charge < -0.3 is 0 Å². The number of aromatic nitrogens is 2. The maximum absolute atomic E-state index is 13.0. The van der Waals surface area contributed by atoms with Crippen LogP contribution in [0.3, 0.4) is 0 Å². The Balaban J connectivity index is 2.49. The number of hydrogen-bond donors (Lipinski definition) is 0. The van der Waals surface area contributed by atoms with Crippen molar-refractivity contribution in [1.82, 2.24) is 9.97 Å². The molecule has 0 fully saturated rings. The summed E-state index contributed by atoms with van der Waals surface area (Å²) in [5, 5.41) is 9.11. The lowest BCUT2D eigenvalue weighted by atomic mass is 10.2. The first-order valence-corrected chi connectivity index (χ1v) is 9.95. The highest BCUT2D eigenvalue weighted by Crippen LogP contribution is 2.16. The van der Waals surface area contributed by atoms with Gasteiger partial charge in [-0.3, -0.25) is 0 Å². The van der Waals surface area contributed by atoms with Gasteiger partial charge in [-0.1, -0.05) is 25.6 Å². The molecule has 0 N–H and O–H groups in total. The van der Waals surface area contributed by atoms with Gasteiger partial charge in [0.2, 0.25) is 0 Å². The first-order valence-electron chi connectivity index (χ1n) is 6.45. The van der Waals surface area contributed by atoms with E-state index in [0.717, 1.165) is 0 Å². The summed E-state index contributed by atoms with van der Waals surface area (Å²) in [5.74, 6) is 3.11. The SMILES string of the molecule is C[Si](C)(C)C#Cc1nc(-c2ccc(F)cc2)ncc1C#N. The molecular weight excluding hydrogens is 281 g/mol. The van der Waals surface area contributed by atoms with Gasteiger partial charge in [0, 0.05) is 5.56 Å². The molecule has 2 rings (SSSR count). The predicted molar refractivity (Wildman–Crippen MR) is 82.4 cm³/mol. The van der Waals surface area contributed by atoms with Crippen molar-refractivity contribution in [2.45, 2.75) is 19.6 Å². The first kappa shape index (κ1) is 14.9. The van der Waals surface area contributed by atoms with Crippen molar-refractivity contribution in [3.05, 3.63) is 47.5 Å². The van der Waals surface area contributed by atoms with Crippen molar-refractivity contribution < 1.29 is 4.39 Å². The number of nitrogens with zero attached hydrogens (tertiary/aromatic N) is 3. The van der Waals surface area contributed by atoms with E-state index < -0.39 is 8.07 Å². The van der Waals surface area contributed by atoms with E-state index in [2.05, 4.69) is 41.1 Å². The van der Waals surface area contributed by atoms with Crippen LogP contribution < -0.4 is 0 Å². The van der Waals surface area contributed by atoms with Gasteiger partial charge in [0.15, 0.2) is 5.82 Å². The Morgan fingerprint density at radius 2 is 1.81 bits per heavy atom. The highest BCUT2D eigenvalue weighted by molar-refractivity contribution is 6.83. The molecule has 0 aliphatic carbocycles. The molecule has 0 atom stereocenters. The van der Waals surface area contributed by atoms with Gasteiger partial charge in [0.05, 0.1) is 6.20 Å². The molecule has 21 heavy (non-hydrogen) atoms. The van der Waals surface area contributed by atoms with E-state index in [4.69, 9.17) is 5.26 Å². The van der Waals surface area contributed by atoms with Crippen LogP contribution in [0.15, 0.2) is 30.5 Å². The van der Waals surface area contributed by atoms with Gasteiger partial charge >= 0.3 is 0 Å². The third-order valence-electron chi connectivity index (χ3n) is 2.57. The predicted octanol–water partition coefficient (Wildman–Crippen LogP) is 3.38. The molecule has 0 saturated carbocycles. The summed E-state index contributed by atoms with van der Waals surface area (Å²) in [6.07, 6.45) is 1.46. The molecule has 1 aromatic carbocycles.